The predicted octanol–water partition coefficient (Wildman–Crippen LogP) is 16.5. The van der Waals surface area contributed by atoms with Crippen LogP contribution in [0.1, 0.15) is 50.1 Å². The molecule has 0 N–H and O–H groups in total. The normalized spacial score (nSPS) is 14.1. The van der Waals surface area contributed by atoms with Gasteiger partial charge in [0.1, 0.15) is 0 Å². The number of fused-ring (bicyclic) bond motifs is 13. The summed E-state index contributed by atoms with van der Waals surface area (Å²) in [4.78, 5) is 0. The van der Waals surface area contributed by atoms with Crippen LogP contribution in [0.2, 0.25) is 0 Å². The van der Waals surface area contributed by atoms with Gasteiger partial charge in [0.2, 0.25) is 0 Å². The third-order valence-electron chi connectivity index (χ3n) is 14.7. The Morgan fingerprint density at radius 2 is 0.851 bits per heavy atom. The van der Waals surface area contributed by atoms with Crippen molar-refractivity contribution in [3.63, 3.8) is 0 Å². The zero-order valence-corrected chi connectivity index (χ0v) is 37.7. The molecule has 1 heterocycles. The number of aryl methyl sites for hydroxylation is 3. The summed E-state index contributed by atoms with van der Waals surface area (Å²) in [6.45, 7) is 6.58. The SMILES string of the molecule is Cc1ccccc1-c1ccc(C)c(-c2ccccc2C#Cc2ccc3c(c2)C2(c4ccccc4-3)c3ccccc3-c3ccc(-n4c5ccccc5c5cc(-c6ccccc6C)ccc54)cc32)c1. The molecule has 0 aliphatic heterocycles. The van der Waals surface area contributed by atoms with Gasteiger partial charge in [0.15, 0.2) is 0 Å². The van der Waals surface area contributed by atoms with Gasteiger partial charge in [-0.05, 0) is 170 Å². The topological polar surface area (TPSA) is 4.93 Å². The largest absolute Gasteiger partial charge is 0.309 e. The number of rotatable bonds is 4. The second kappa shape index (κ2) is 15.1. The molecule has 0 fully saturated rings. The van der Waals surface area contributed by atoms with Crippen molar-refractivity contribution >= 4 is 21.8 Å². The Morgan fingerprint density at radius 1 is 0.328 bits per heavy atom. The standard InChI is InChI=1S/C66H45N/c1-42-16-4-7-19-50(42)47-31-28-44(3)58(39-47)52-21-9-6-18-46(52)32-29-45-30-35-55-53-22-10-13-25-60(53)66(62(55)38-45)61-26-14-11-23-54(61)56-36-34-49(41-63(56)66)67-64-27-15-12-24-57(64)59-40-48(33-37-65(59)67)51-20-8-5-17-43(51)2/h4-28,30-31,33-41H,1-3H3. The molecule has 0 bridgehead atoms. The van der Waals surface area contributed by atoms with Crippen LogP contribution in [0.3, 0.4) is 0 Å². The van der Waals surface area contributed by atoms with Crippen LogP contribution in [0, 0.1) is 32.6 Å². The minimum absolute atomic E-state index is 0.534. The maximum Gasteiger partial charge on any atom is 0.0726 e. The van der Waals surface area contributed by atoms with Crippen molar-refractivity contribution in [1.82, 2.24) is 4.57 Å². The Morgan fingerprint density at radius 3 is 1.57 bits per heavy atom. The van der Waals surface area contributed by atoms with Crippen LogP contribution in [0.25, 0.3) is 83.1 Å². The van der Waals surface area contributed by atoms with E-state index in [0.29, 0.717) is 0 Å². The molecule has 314 valence electrons. The lowest BCUT2D eigenvalue weighted by molar-refractivity contribution is 0.792. The fourth-order valence-electron chi connectivity index (χ4n) is 11.6. The van der Waals surface area contributed by atoms with Crippen LogP contribution in [0.4, 0.5) is 0 Å². The third kappa shape index (κ3) is 5.83. The van der Waals surface area contributed by atoms with Gasteiger partial charge in [-0.15, -0.1) is 0 Å². The first-order chi connectivity index (χ1) is 33.0. The van der Waals surface area contributed by atoms with E-state index in [-0.39, 0.29) is 0 Å². The Labute approximate surface area is 392 Å². The molecule has 11 aromatic rings. The monoisotopic (exact) mass is 851 g/mol. The van der Waals surface area contributed by atoms with Crippen molar-refractivity contribution in [2.24, 2.45) is 0 Å². The molecule has 1 aromatic heterocycles. The minimum atomic E-state index is -0.534. The van der Waals surface area contributed by atoms with Crippen LogP contribution < -0.4 is 0 Å². The molecular formula is C66H45N. The highest BCUT2D eigenvalue weighted by atomic mass is 15.0. The summed E-state index contributed by atoms with van der Waals surface area (Å²) < 4.78 is 2.47. The van der Waals surface area contributed by atoms with E-state index in [2.05, 4.69) is 256 Å². The molecule has 13 rings (SSSR count). The quantitative estimate of drug-likeness (QED) is 0.156. The van der Waals surface area contributed by atoms with E-state index in [9.17, 15) is 0 Å². The van der Waals surface area contributed by atoms with Crippen molar-refractivity contribution < 1.29 is 0 Å². The maximum atomic E-state index is 3.70. The third-order valence-corrected chi connectivity index (χ3v) is 14.7. The van der Waals surface area contributed by atoms with Gasteiger partial charge in [-0.2, -0.15) is 0 Å². The number of aromatic nitrogens is 1. The van der Waals surface area contributed by atoms with Gasteiger partial charge in [0.05, 0.1) is 16.4 Å². The Hall–Kier alpha value is -8.44. The van der Waals surface area contributed by atoms with E-state index < -0.39 is 5.41 Å². The molecule has 67 heavy (non-hydrogen) atoms. The maximum absolute atomic E-state index is 3.70. The molecule has 1 atom stereocenters. The van der Waals surface area contributed by atoms with Crippen LogP contribution in [0.5, 0.6) is 0 Å². The highest BCUT2D eigenvalue weighted by Gasteiger charge is 2.51. The fraction of sp³-hybridized carbons (Fsp3) is 0.0606. The van der Waals surface area contributed by atoms with E-state index in [1.54, 1.807) is 0 Å². The summed E-state index contributed by atoms with van der Waals surface area (Å²) in [5.41, 5.74) is 26.5. The zero-order chi connectivity index (χ0) is 44.8. The van der Waals surface area contributed by atoms with Crippen molar-refractivity contribution in [2.45, 2.75) is 26.2 Å². The van der Waals surface area contributed by atoms with Crippen LogP contribution in [0.15, 0.2) is 218 Å². The number of benzene rings is 10. The van der Waals surface area contributed by atoms with Gasteiger partial charge in [0.25, 0.3) is 0 Å². The van der Waals surface area contributed by atoms with Crippen LogP contribution in [-0.4, -0.2) is 4.57 Å². The molecule has 1 unspecified atom stereocenters. The first-order valence-corrected chi connectivity index (χ1v) is 23.3. The molecule has 2 aliphatic rings. The molecule has 2 aliphatic carbocycles. The molecule has 1 nitrogen and oxygen atoms in total. The van der Waals surface area contributed by atoms with Gasteiger partial charge < -0.3 is 4.57 Å². The number of hydrogen-bond acceptors (Lipinski definition) is 0. The first-order valence-electron chi connectivity index (χ1n) is 23.3. The van der Waals surface area contributed by atoms with Crippen molar-refractivity contribution in [1.29, 1.82) is 0 Å². The van der Waals surface area contributed by atoms with E-state index in [1.807, 2.05) is 0 Å². The number of nitrogens with zero attached hydrogens (tertiary/aromatic N) is 1. The van der Waals surface area contributed by atoms with Crippen LogP contribution >= 0.6 is 0 Å². The van der Waals surface area contributed by atoms with Crippen molar-refractivity contribution in [3.05, 3.63) is 268 Å². The number of hydrogen-bond donors (Lipinski definition) is 0. The first kappa shape index (κ1) is 39.0. The van der Waals surface area contributed by atoms with Crippen molar-refractivity contribution in [2.75, 3.05) is 0 Å². The lowest BCUT2D eigenvalue weighted by Gasteiger charge is -2.31. The van der Waals surface area contributed by atoms with E-state index in [4.69, 9.17) is 0 Å². The minimum Gasteiger partial charge on any atom is -0.309 e. The summed E-state index contributed by atoms with van der Waals surface area (Å²) >= 11 is 0. The lowest BCUT2D eigenvalue weighted by atomic mass is 9.70. The van der Waals surface area contributed by atoms with E-state index >= 15 is 0 Å². The summed E-state index contributed by atoms with van der Waals surface area (Å²) in [7, 11) is 0. The molecule has 0 amide bonds. The highest BCUT2D eigenvalue weighted by molar-refractivity contribution is 6.11. The zero-order valence-electron chi connectivity index (χ0n) is 37.7. The van der Waals surface area contributed by atoms with Gasteiger partial charge in [0, 0.05) is 27.6 Å². The van der Waals surface area contributed by atoms with Crippen LogP contribution in [-0.2, 0) is 5.41 Å². The van der Waals surface area contributed by atoms with Gasteiger partial charge in [-0.3, -0.25) is 0 Å². The molecule has 0 saturated carbocycles. The summed E-state index contributed by atoms with van der Waals surface area (Å²) in [6.07, 6.45) is 0. The average molecular weight is 852 g/mol. The Kier molecular flexibility index (Phi) is 8.76. The van der Waals surface area contributed by atoms with E-state index in [1.165, 1.54) is 111 Å². The molecule has 0 radical (unpaired) electrons. The van der Waals surface area contributed by atoms with Gasteiger partial charge in [-0.1, -0.05) is 176 Å². The second-order valence-corrected chi connectivity index (χ2v) is 18.4. The Balaban J connectivity index is 0.984. The molecule has 0 saturated heterocycles. The fourth-order valence-corrected chi connectivity index (χ4v) is 11.6. The van der Waals surface area contributed by atoms with Crippen molar-refractivity contribution in [3.8, 4) is 73.2 Å². The van der Waals surface area contributed by atoms with Gasteiger partial charge >= 0.3 is 0 Å². The average Bonchev–Trinajstić information content (AvgIpc) is 3.97. The summed E-state index contributed by atoms with van der Waals surface area (Å²) in [5.74, 6) is 7.38. The summed E-state index contributed by atoms with van der Waals surface area (Å²) in [5, 5.41) is 2.51. The smallest absolute Gasteiger partial charge is 0.0726 e. The molecule has 1 heteroatoms. The molecule has 10 aromatic carbocycles. The molecule has 1 spiro atoms. The predicted molar refractivity (Wildman–Crippen MR) is 280 cm³/mol. The molecular weight excluding hydrogens is 807 g/mol. The second-order valence-electron chi connectivity index (χ2n) is 18.4. The Bertz CT molecular complexity index is 3910. The summed E-state index contributed by atoms with van der Waals surface area (Å²) in [6, 6.07) is 80.8. The van der Waals surface area contributed by atoms with Gasteiger partial charge in [-0.25, -0.2) is 0 Å². The highest BCUT2D eigenvalue weighted by Crippen LogP contribution is 2.63. The van der Waals surface area contributed by atoms with E-state index in [0.717, 1.165) is 22.4 Å². The lowest BCUT2D eigenvalue weighted by Crippen LogP contribution is -2.26. The number of para-hydroxylation sites is 1.